The lowest BCUT2D eigenvalue weighted by Crippen LogP contribution is -2.19. The average Bonchev–Trinajstić information content (AvgIpc) is 2.99. The molecule has 0 spiro atoms. The normalized spacial score (nSPS) is 11.1. The van der Waals surface area contributed by atoms with Crippen LogP contribution in [0.4, 0.5) is 4.39 Å². The first-order valence-corrected chi connectivity index (χ1v) is 9.72. The average molecular weight is 386 g/mol. The minimum absolute atomic E-state index is 0.212. The fourth-order valence-corrected chi connectivity index (χ4v) is 3.41. The van der Waals surface area contributed by atoms with Crippen molar-refractivity contribution in [3.8, 4) is 5.75 Å². The Balaban J connectivity index is 1.47. The van der Waals surface area contributed by atoms with E-state index in [-0.39, 0.29) is 5.82 Å². The van der Waals surface area contributed by atoms with Crippen molar-refractivity contribution in [1.29, 1.82) is 0 Å². The quantitative estimate of drug-likeness (QED) is 0.414. The van der Waals surface area contributed by atoms with Crippen LogP contribution in [0.3, 0.4) is 0 Å². The van der Waals surface area contributed by atoms with Gasteiger partial charge in [-0.3, -0.25) is 4.90 Å². The maximum Gasteiger partial charge on any atom is 0.191 e. The molecule has 0 saturated heterocycles. The SMILES string of the molecule is CN(Cc1cccc(F)c1)Cc1nnc(SCCOc2ccccc2)n1C. The lowest BCUT2D eigenvalue weighted by Gasteiger charge is -2.16. The number of para-hydroxylation sites is 1. The zero-order valence-electron chi connectivity index (χ0n) is 15.5. The van der Waals surface area contributed by atoms with Gasteiger partial charge in [-0.25, -0.2) is 4.39 Å². The first-order valence-electron chi connectivity index (χ1n) is 8.74. The molecule has 0 atom stereocenters. The number of hydrogen-bond donors (Lipinski definition) is 0. The van der Waals surface area contributed by atoms with Gasteiger partial charge in [0.25, 0.3) is 0 Å². The van der Waals surface area contributed by atoms with Crippen LogP contribution in [0.15, 0.2) is 59.8 Å². The molecule has 1 aromatic heterocycles. The van der Waals surface area contributed by atoms with Crippen LogP contribution < -0.4 is 4.74 Å². The monoisotopic (exact) mass is 386 g/mol. The van der Waals surface area contributed by atoms with E-state index in [2.05, 4.69) is 15.1 Å². The van der Waals surface area contributed by atoms with E-state index in [1.54, 1.807) is 23.9 Å². The number of rotatable bonds is 9. The van der Waals surface area contributed by atoms with E-state index in [4.69, 9.17) is 4.74 Å². The number of benzene rings is 2. The first-order chi connectivity index (χ1) is 13.1. The predicted octanol–water partition coefficient (Wildman–Crippen LogP) is 3.76. The van der Waals surface area contributed by atoms with Gasteiger partial charge in [0.2, 0.25) is 0 Å². The molecule has 2 aromatic carbocycles. The lowest BCUT2D eigenvalue weighted by molar-refractivity contribution is 0.305. The molecule has 1 heterocycles. The zero-order valence-corrected chi connectivity index (χ0v) is 16.3. The molecule has 0 unspecified atom stereocenters. The van der Waals surface area contributed by atoms with Crippen LogP contribution in [0.5, 0.6) is 5.75 Å². The molecule has 0 aliphatic rings. The topological polar surface area (TPSA) is 43.2 Å². The van der Waals surface area contributed by atoms with E-state index >= 15 is 0 Å². The highest BCUT2D eigenvalue weighted by Gasteiger charge is 2.12. The fraction of sp³-hybridized carbons (Fsp3) is 0.300. The molecule has 0 aliphatic carbocycles. The van der Waals surface area contributed by atoms with Gasteiger partial charge in [0, 0.05) is 19.3 Å². The van der Waals surface area contributed by atoms with Crippen molar-refractivity contribution in [2.75, 3.05) is 19.4 Å². The fourth-order valence-electron chi connectivity index (χ4n) is 2.66. The Bertz CT molecular complexity index is 856. The lowest BCUT2D eigenvalue weighted by atomic mass is 10.2. The molecule has 0 saturated carbocycles. The number of hydrogen-bond acceptors (Lipinski definition) is 5. The maximum absolute atomic E-state index is 13.3. The maximum atomic E-state index is 13.3. The van der Waals surface area contributed by atoms with Crippen LogP contribution in [0.1, 0.15) is 11.4 Å². The zero-order chi connectivity index (χ0) is 19.1. The Kier molecular flexibility index (Phi) is 6.84. The van der Waals surface area contributed by atoms with Crippen molar-refractivity contribution in [2.45, 2.75) is 18.2 Å². The van der Waals surface area contributed by atoms with Crippen LogP contribution >= 0.6 is 11.8 Å². The summed E-state index contributed by atoms with van der Waals surface area (Å²) in [6.45, 7) is 1.90. The summed E-state index contributed by atoms with van der Waals surface area (Å²) in [7, 11) is 3.95. The third-order valence-corrected chi connectivity index (χ3v) is 4.99. The Hall–Kier alpha value is -2.38. The van der Waals surface area contributed by atoms with E-state index in [1.165, 1.54) is 6.07 Å². The molecule has 7 heteroatoms. The molecule has 3 aromatic rings. The molecule has 27 heavy (non-hydrogen) atoms. The van der Waals surface area contributed by atoms with Gasteiger partial charge < -0.3 is 9.30 Å². The van der Waals surface area contributed by atoms with E-state index < -0.39 is 0 Å². The van der Waals surface area contributed by atoms with Crippen LogP contribution in [0, 0.1) is 5.82 Å². The molecule has 0 N–H and O–H groups in total. The van der Waals surface area contributed by atoms with Gasteiger partial charge >= 0.3 is 0 Å². The molecule has 5 nitrogen and oxygen atoms in total. The predicted molar refractivity (Wildman–Crippen MR) is 105 cm³/mol. The number of nitrogens with zero attached hydrogens (tertiary/aromatic N) is 4. The summed E-state index contributed by atoms with van der Waals surface area (Å²) in [6, 6.07) is 16.4. The molecule has 0 radical (unpaired) electrons. The summed E-state index contributed by atoms with van der Waals surface area (Å²) in [5.74, 6) is 2.33. The molecule has 0 fully saturated rings. The smallest absolute Gasteiger partial charge is 0.191 e. The third-order valence-electron chi connectivity index (χ3n) is 4.00. The molecular weight excluding hydrogens is 363 g/mol. The number of halogens is 1. The van der Waals surface area contributed by atoms with Crippen LogP contribution in [-0.4, -0.2) is 39.1 Å². The largest absolute Gasteiger partial charge is 0.493 e. The van der Waals surface area contributed by atoms with E-state index in [0.717, 1.165) is 28.0 Å². The Morgan fingerprint density at radius 2 is 1.89 bits per heavy atom. The molecular formula is C20H23FN4OS. The van der Waals surface area contributed by atoms with Crippen molar-refractivity contribution < 1.29 is 9.13 Å². The summed E-state index contributed by atoms with van der Waals surface area (Å²) in [6.07, 6.45) is 0. The second-order valence-corrected chi connectivity index (χ2v) is 7.33. The first kappa shape index (κ1) is 19.4. The standard InChI is InChI=1S/C20H23FN4OS/c1-24(14-16-7-6-8-17(21)13-16)15-19-22-23-20(25(19)2)27-12-11-26-18-9-4-3-5-10-18/h3-10,13H,11-12,14-15H2,1-2H3. The Morgan fingerprint density at radius 3 is 2.67 bits per heavy atom. The molecule has 142 valence electrons. The van der Waals surface area contributed by atoms with Gasteiger partial charge in [0.05, 0.1) is 13.2 Å². The Morgan fingerprint density at radius 1 is 1.07 bits per heavy atom. The van der Waals surface area contributed by atoms with Crippen molar-refractivity contribution in [3.05, 3.63) is 71.8 Å². The second kappa shape index (κ2) is 9.53. The van der Waals surface area contributed by atoms with Gasteiger partial charge in [-0.05, 0) is 36.9 Å². The number of ether oxygens (including phenoxy) is 1. The van der Waals surface area contributed by atoms with Gasteiger partial charge in [-0.1, -0.05) is 42.1 Å². The van der Waals surface area contributed by atoms with Crippen molar-refractivity contribution in [3.63, 3.8) is 0 Å². The van der Waals surface area contributed by atoms with Crippen LogP contribution in [-0.2, 0) is 20.1 Å². The molecule has 0 bridgehead atoms. The summed E-state index contributed by atoms with van der Waals surface area (Å²) in [4.78, 5) is 2.09. The highest BCUT2D eigenvalue weighted by Crippen LogP contribution is 2.17. The number of thioether (sulfide) groups is 1. The van der Waals surface area contributed by atoms with Crippen molar-refractivity contribution >= 4 is 11.8 Å². The third kappa shape index (κ3) is 5.80. The van der Waals surface area contributed by atoms with Crippen molar-refractivity contribution in [1.82, 2.24) is 19.7 Å². The van der Waals surface area contributed by atoms with Gasteiger partial charge in [-0.15, -0.1) is 10.2 Å². The molecule has 3 rings (SSSR count). The van der Waals surface area contributed by atoms with E-state index in [0.29, 0.717) is 19.7 Å². The molecule has 0 amide bonds. The highest BCUT2D eigenvalue weighted by molar-refractivity contribution is 7.99. The summed E-state index contributed by atoms with van der Waals surface area (Å²) in [5.41, 5.74) is 0.937. The summed E-state index contributed by atoms with van der Waals surface area (Å²) >= 11 is 1.62. The van der Waals surface area contributed by atoms with Crippen molar-refractivity contribution in [2.24, 2.45) is 7.05 Å². The summed E-state index contributed by atoms with van der Waals surface area (Å²) < 4.78 is 21.0. The van der Waals surface area contributed by atoms with E-state index in [9.17, 15) is 4.39 Å². The minimum atomic E-state index is -0.212. The molecule has 0 aliphatic heterocycles. The van der Waals surface area contributed by atoms with Gasteiger partial charge in [0.15, 0.2) is 5.16 Å². The second-order valence-electron chi connectivity index (χ2n) is 6.27. The summed E-state index contributed by atoms with van der Waals surface area (Å²) in [5, 5.41) is 9.42. The Labute approximate surface area is 163 Å². The number of aromatic nitrogens is 3. The van der Waals surface area contributed by atoms with Gasteiger partial charge in [0.1, 0.15) is 17.4 Å². The van der Waals surface area contributed by atoms with Crippen LogP contribution in [0.25, 0.3) is 0 Å². The van der Waals surface area contributed by atoms with Gasteiger partial charge in [-0.2, -0.15) is 0 Å². The highest BCUT2D eigenvalue weighted by atomic mass is 32.2. The van der Waals surface area contributed by atoms with Crippen LogP contribution in [0.2, 0.25) is 0 Å². The minimum Gasteiger partial charge on any atom is -0.493 e. The van der Waals surface area contributed by atoms with E-state index in [1.807, 2.05) is 55.1 Å².